The quantitative estimate of drug-likeness (QED) is 0.846. The lowest BCUT2D eigenvalue weighted by Gasteiger charge is -2.24. The van der Waals surface area contributed by atoms with Crippen molar-refractivity contribution in [1.29, 1.82) is 0 Å². The first-order chi connectivity index (χ1) is 7.47. The van der Waals surface area contributed by atoms with Crippen molar-refractivity contribution in [2.45, 2.75) is 33.7 Å². The molecule has 2 atom stereocenters. The summed E-state index contributed by atoms with van der Waals surface area (Å²) in [6, 6.07) is 6.29. The second-order valence-corrected chi connectivity index (χ2v) is 4.86. The summed E-state index contributed by atoms with van der Waals surface area (Å²) in [6.45, 7) is 8.67. The first-order valence-electron chi connectivity index (χ1n) is 5.87. The maximum absolute atomic E-state index is 6.26. The largest absolute Gasteiger partial charge is 0.496 e. The van der Waals surface area contributed by atoms with Crippen LogP contribution in [0.15, 0.2) is 18.2 Å². The molecule has 2 nitrogen and oxygen atoms in total. The van der Waals surface area contributed by atoms with Crippen LogP contribution in [0.2, 0.25) is 0 Å². The number of hydrogen-bond donors (Lipinski definition) is 1. The summed E-state index contributed by atoms with van der Waals surface area (Å²) >= 11 is 0. The van der Waals surface area contributed by atoms with Gasteiger partial charge in [0.1, 0.15) is 5.75 Å². The Balaban J connectivity index is 2.92. The molecule has 0 fully saturated rings. The van der Waals surface area contributed by atoms with Crippen LogP contribution in [-0.2, 0) is 0 Å². The topological polar surface area (TPSA) is 35.2 Å². The summed E-state index contributed by atoms with van der Waals surface area (Å²) in [6.07, 6.45) is 0. The van der Waals surface area contributed by atoms with E-state index in [1.165, 1.54) is 5.56 Å². The van der Waals surface area contributed by atoms with E-state index >= 15 is 0 Å². The molecular formula is C14H23NO. The highest BCUT2D eigenvalue weighted by atomic mass is 16.5. The van der Waals surface area contributed by atoms with Crippen molar-refractivity contribution in [3.8, 4) is 5.75 Å². The monoisotopic (exact) mass is 221 g/mol. The number of benzene rings is 1. The summed E-state index contributed by atoms with van der Waals surface area (Å²) in [7, 11) is 1.69. The van der Waals surface area contributed by atoms with Crippen LogP contribution in [0.1, 0.15) is 37.9 Å². The molecule has 90 valence electrons. The number of hydrogen-bond acceptors (Lipinski definition) is 2. The zero-order chi connectivity index (χ0) is 12.3. The van der Waals surface area contributed by atoms with Crippen LogP contribution in [0.5, 0.6) is 5.75 Å². The van der Waals surface area contributed by atoms with Gasteiger partial charge in [0, 0.05) is 6.04 Å². The van der Waals surface area contributed by atoms with Crippen LogP contribution in [0.3, 0.4) is 0 Å². The van der Waals surface area contributed by atoms with Gasteiger partial charge >= 0.3 is 0 Å². The van der Waals surface area contributed by atoms with E-state index in [1.54, 1.807) is 7.11 Å². The Morgan fingerprint density at radius 3 is 2.25 bits per heavy atom. The predicted octanol–water partition coefficient (Wildman–Crippen LogP) is 3.30. The van der Waals surface area contributed by atoms with Gasteiger partial charge in [-0.3, -0.25) is 0 Å². The molecule has 0 saturated heterocycles. The van der Waals surface area contributed by atoms with Gasteiger partial charge < -0.3 is 10.5 Å². The minimum Gasteiger partial charge on any atom is -0.496 e. The normalized spacial score (nSPS) is 14.9. The molecular weight excluding hydrogens is 198 g/mol. The lowest BCUT2D eigenvalue weighted by atomic mass is 9.86. The molecule has 1 aromatic carbocycles. The van der Waals surface area contributed by atoms with Crippen molar-refractivity contribution in [1.82, 2.24) is 0 Å². The van der Waals surface area contributed by atoms with Gasteiger partial charge in [-0.1, -0.05) is 32.9 Å². The number of aryl methyl sites for hydroxylation is 1. The van der Waals surface area contributed by atoms with Crippen molar-refractivity contribution in [2.75, 3.05) is 7.11 Å². The van der Waals surface area contributed by atoms with Crippen LogP contribution >= 0.6 is 0 Å². The minimum absolute atomic E-state index is 0.101. The summed E-state index contributed by atoms with van der Waals surface area (Å²) in [5, 5.41) is 0. The van der Waals surface area contributed by atoms with Crippen LogP contribution < -0.4 is 10.5 Å². The number of methoxy groups -OCH3 is 1. The van der Waals surface area contributed by atoms with Crippen LogP contribution in [-0.4, -0.2) is 7.11 Å². The van der Waals surface area contributed by atoms with Crippen molar-refractivity contribution in [2.24, 2.45) is 17.6 Å². The SMILES string of the molecule is COc1ccc(C(N)C(C)C(C)C)cc1C. The molecule has 0 aromatic heterocycles. The highest BCUT2D eigenvalue weighted by Gasteiger charge is 2.18. The first-order valence-corrected chi connectivity index (χ1v) is 5.87. The van der Waals surface area contributed by atoms with Gasteiger partial charge in [-0.2, -0.15) is 0 Å². The fourth-order valence-corrected chi connectivity index (χ4v) is 1.83. The van der Waals surface area contributed by atoms with E-state index in [9.17, 15) is 0 Å². The average Bonchev–Trinajstić information content (AvgIpc) is 2.26. The average molecular weight is 221 g/mol. The Labute approximate surface area is 98.8 Å². The zero-order valence-electron chi connectivity index (χ0n) is 10.9. The smallest absolute Gasteiger partial charge is 0.121 e. The van der Waals surface area contributed by atoms with E-state index in [4.69, 9.17) is 10.5 Å². The molecule has 0 aliphatic heterocycles. The maximum Gasteiger partial charge on any atom is 0.121 e. The highest BCUT2D eigenvalue weighted by molar-refractivity contribution is 5.37. The van der Waals surface area contributed by atoms with Crippen LogP contribution in [0, 0.1) is 18.8 Å². The third kappa shape index (κ3) is 2.76. The van der Waals surface area contributed by atoms with Gasteiger partial charge in [-0.15, -0.1) is 0 Å². The molecule has 0 amide bonds. The first kappa shape index (κ1) is 13.0. The Hall–Kier alpha value is -1.02. The Bertz CT molecular complexity index is 347. The Morgan fingerprint density at radius 1 is 1.19 bits per heavy atom. The van der Waals surface area contributed by atoms with E-state index < -0.39 is 0 Å². The molecule has 1 rings (SSSR count). The lowest BCUT2D eigenvalue weighted by Crippen LogP contribution is -2.23. The molecule has 0 bridgehead atoms. The fraction of sp³-hybridized carbons (Fsp3) is 0.571. The molecule has 2 heteroatoms. The maximum atomic E-state index is 6.26. The Kier molecular flexibility index (Phi) is 4.36. The molecule has 0 saturated carbocycles. The summed E-state index contributed by atoms with van der Waals surface area (Å²) < 4.78 is 5.25. The molecule has 0 radical (unpaired) electrons. The van der Waals surface area contributed by atoms with Gasteiger partial charge in [0.05, 0.1) is 7.11 Å². The fourth-order valence-electron chi connectivity index (χ4n) is 1.83. The Morgan fingerprint density at radius 2 is 1.81 bits per heavy atom. The minimum atomic E-state index is 0.101. The molecule has 0 spiro atoms. The van der Waals surface area contributed by atoms with Gasteiger partial charge in [-0.05, 0) is 36.0 Å². The standard InChI is InChI=1S/C14H23NO/c1-9(2)11(4)14(15)12-6-7-13(16-5)10(3)8-12/h6-9,11,14H,15H2,1-5H3. The number of nitrogens with two attached hydrogens (primary N) is 1. The second kappa shape index (κ2) is 5.35. The third-order valence-corrected chi connectivity index (χ3v) is 3.42. The van der Waals surface area contributed by atoms with Gasteiger partial charge in [0.25, 0.3) is 0 Å². The molecule has 0 aliphatic rings. The highest BCUT2D eigenvalue weighted by Crippen LogP contribution is 2.28. The predicted molar refractivity (Wildman–Crippen MR) is 68.7 cm³/mol. The molecule has 2 N–H and O–H groups in total. The van der Waals surface area contributed by atoms with Crippen LogP contribution in [0.25, 0.3) is 0 Å². The zero-order valence-corrected chi connectivity index (χ0v) is 10.9. The number of ether oxygens (including phenoxy) is 1. The van der Waals surface area contributed by atoms with Gasteiger partial charge in [0.2, 0.25) is 0 Å². The second-order valence-electron chi connectivity index (χ2n) is 4.86. The summed E-state index contributed by atoms with van der Waals surface area (Å²) in [5.74, 6) is 2.00. The van der Waals surface area contributed by atoms with E-state index in [0.29, 0.717) is 11.8 Å². The molecule has 16 heavy (non-hydrogen) atoms. The molecule has 2 unspecified atom stereocenters. The van der Waals surface area contributed by atoms with Crippen molar-refractivity contribution in [3.63, 3.8) is 0 Å². The van der Waals surface area contributed by atoms with E-state index in [0.717, 1.165) is 11.3 Å². The molecule has 0 heterocycles. The van der Waals surface area contributed by atoms with E-state index in [2.05, 4.69) is 39.8 Å². The third-order valence-electron chi connectivity index (χ3n) is 3.42. The van der Waals surface area contributed by atoms with Crippen molar-refractivity contribution in [3.05, 3.63) is 29.3 Å². The van der Waals surface area contributed by atoms with Gasteiger partial charge in [0.15, 0.2) is 0 Å². The molecule has 1 aromatic rings. The van der Waals surface area contributed by atoms with Crippen LogP contribution in [0.4, 0.5) is 0 Å². The van der Waals surface area contributed by atoms with E-state index in [-0.39, 0.29) is 6.04 Å². The van der Waals surface area contributed by atoms with Gasteiger partial charge in [-0.25, -0.2) is 0 Å². The summed E-state index contributed by atoms with van der Waals surface area (Å²) in [5.41, 5.74) is 8.60. The van der Waals surface area contributed by atoms with Crippen molar-refractivity contribution < 1.29 is 4.74 Å². The number of rotatable bonds is 4. The molecule has 0 aliphatic carbocycles. The summed E-state index contributed by atoms with van der Waals surface area (Å²) in [4.78, 5) is 0. The van der Waals surface area contributed by atoms with E-state index in [1.807, 2.05) is 6.07 Å². The lowest BCUT2D eigenvalue weighted by molar-refractivity contribution is 0.351. The van der Waals surface area contributed by atoms with Crippen molar-refractivity contribution >= 4 is 0 Å².